The maximum Gasteiger partial charge on any atom is 0.250 e. The molecule has 1 aliphatic heterocycles. The number of aryl methyl sites for hydroxylation is 1. The van der Waals surface area contributed by atoms with Crippen LogP contribution in [-0.4, -0.2) is 22.4 Å². The summed E-state index contributed by atoms with van der Waals surface area (Å²) in [4.78, 5) is 20.0. The summed E-state index contributed by atoms with van der Waals surface area (Å²) in [5, 5.41) is 3.74. The van der Waals surface area contributed by atoms with Gasteiger partial charge in [0.05, 0.1) is 16.6 Å². The zero-order valence-corrected chi connectivity index (χ0v) is 15.0. The number of nitrogens with zero attached hydrogens (tertiary/aromatic N) is 1. The summed E-state index contributed by atoms with van der Waals surface area (Å²) >= 11 is 0. The van der Waals surface area contributed by atoms with Gasteiger partial charge in [-0.25, -0.2) is 4.98 Å². The number of hydrogen-bond donors (Lipinski definition) is 3. The van der Waals surface area contributed by atoms with Crippen molar-refractivity contribution in [2.45, 2.75) is 38.1 Å². The van der Waals surface area contributed by atoms with Gasteiger partial charge in [0.2, 0.25) is 0 Å². The Hall–Kier alpha value is -2.66. The summed E-state index contributed by atoms with van der Waals surface area (Å²) < 4.78 is 0. The van der Waals surface area contributed by atoms with Crippen LogP contribution >= 0.6 is 0 Å². The molecule has 1 unspecified atom stereocenters. The second-order valence-corrected chi connectivity index (χ2v) is 7.03. The van der Waals surface area contributed by atoms with Crippen molar-refractivity contribution >= 4 is 16.9 Å². The van der Waals surface area contributed by atoms with Gasteiger partial charge in [-0.3, -0.25) is 4.79 Å². The number of hydrogen-bond acceptors (Lipinski definition) is 3. The van der Waals surface area contributed by atoms with Crippen LogP contribution in [0.1, 0.15) is 47.1 Å². The number of rotatable bonds is 3. The van der Waals surface area contributed by atoms with Gasteiger partial charge in [0.25, 0.3) is 5.91 Å². The number of carbonyl (C=O) groups is 1. The Kier molecular flexibility index (Phi) is 4.24. The first-order valence-electron chi connectivity index (χ1n) is 9.24. The molecule has 5 nitrogen and oxygen atoms in total. The standard InChI is InChI=1S/C21H24N4O/c1-2-21(12-10-14-6-3-4-7-15(14)11-13-23-21)20-24-17-9-5-8-16(19(22)26)18(17)25-20/h3-9,23H,2,10-13H2,1H3,(H2,22,26)(H,24,25). The molecule has 1 atom stereocenters. The molecule has 3 aromatic rings. The molecule has 1 aliphatic rings. The minimum Gasteiger partial charge on any atom is -0.366 e. The number of H-pyrrole nitrogens is 1. The molecule has 26 heavy (non-hydrogen) atoms. The highest BCUT2D eigenvalue weighted by molar-refractivity contribution is 6.04. The monoisotopic (exact) mass is 348 g/mol. The van der Waals surface area contributed by atoms with Gasteiger partial charge in [-0.1, -0.05) is 37.3 Å². The van der Waals surface area contributed by atoms with E-state index in [0.717, 1.165) is 43.6 Å². The minimum absolute atomic E-state index is 0.235. The van der Waals surface area contributed by atoms with Gasteiger partial charge >= 0.3 is 0 Å². The second kappa shape index (κ2) is 6.57. The highest BCUT2D eigenvalue weighted by Crippen LogP contribution is 2.32. The lowest BCUT2D eigenvalue weighted by Gasteiger charge is -2.34. The fourth-order valence-electron chi connectivity index (χ4n) is 4.05. The predicted octanol–water partition coefficient (Wildman–Crippen LogP) is 3.05. The van der Waals surface area contributed by atoms with E-state index in [-0.39, 0.29) is 5.54 Å². The molecule has 0 saturated heterocycles. The summed E-state index contributed by atoms with van der Waals surface area (Å²) in [5.74, 6) is 0.446. The van der Waals surface area contributed by atoms with E-state index >= 15 is 0 Å². The average molecular weight is 348 g/mol. The third-order valence-corrected chi connectivity index (χ3v) is 5.63. The van der Waals surface area contributed by atoms with E-state index in [0.29, 0.717) is 11.1 Å². The van der Waals surface area contributed by atoms with E-state index in [1.165, 1.54) is 11.1 Å². The minimum atomic E-state index is -0.446. The van der Waals surface area contributed by atoms with Crippen molar-refractivity contribution in [3.8, 4) is 0 Å². The van der Waals surface area contributed by atoms with Gasteiger partial charge in [-0.2, -0.15) is 0 Å². The Morgan fingerprint density at radius 2 is 1.92 bits per heavy atom. The molecular formula is C21H24N4O. The summed E-state index contributed by atoms with van der Waals surface area (Å²) in [6.45, 7) is 3.08. The van der Waals surface area contributed by atoms with Crippen molar-refractivity contribution in [2.75, 3.05) is 6.54 Å². The maximum atomic E-state index is 11.7. The van der Waals surface area contributed by atoms with Crippen molar-refractivity contribution in [1.82, 2.24) is 15.3 Å². The smallest absolute Gasteiger partial charge is 0.250 e. The van der Waals surface area contributed by atoms with Crippen LogP contribution in [0, 0.1) is 0 Å². The Morgan fingerprint density at radius 3 is 2.65 bits per heavy atom. The first-order chi connectivity index (χ1) is 12.6. The topological polar surface area (TPSA) is 83.8 Å². The molecule has 1 aromatic heterocycles. The van der Waals surface area contributed by atoms with Crippen LogP contribution in [0.4, 0.5) is 0 Å². The average Bonchev–Trinajstić information content (AvgIpc) is 3.07. The molecule has 0 radical (unpaired) electrons. The maximum absolute atomic E-state index is 11.7. The summed E-state index contributed by atoms with van der Waals surface area (Å²) in [6, 6.07) is 14.2. The SMILES string of the molecule is CCC1(c2nc3c(C(N)=O)cccc3[nH]2)CCc2ccccc2CCN1. The normalized spacial score (nSPS) is 20.3. The lowest BCUT2D eigenvalue weighted by Crippen LogP contribution is -2.45. The van der Waals surface area contributed by atoms with Crippen LogP contribution in [0.5, 0.6) is 0 Å². The second-order valence-electron chi connectivity index (χ2n) is 7.03. The van der Waals surface area contributed by atoms with Crippen molar-refractivity contribution < 1.29 is 4.79 Å². The fraction of sp³-hybridized carbons (Fsp3) is 0.333. The largest absolute Gasteiger partial charge is 0.366 e. The molecule has 4 N–H and O–H groups in total. The Bertz CT molecular complexity index is 962. The summed E-state index contributed by atoms with van der Waals surface area (Å²) in [6.07, 6.45) is 3.87. The first-order valence-corrected chi connectivity index (χ1v) is 9.24. The summed E-state index contributed by atoms with van der Waals surface area (Å²) in [7, 11) is 0. The number of carbonyl (C=O) groups excluding carboxylic acids is 1. The van der Waals surface area contributed by atoms with Crippen LogP contribution in [0.25, 0.3) is 11.0 Å². The molecule has 0 saturated carbocycles. The lowest BCUT2D eigenvalue weighted by molar-refractivity contribution is 0.100. The van der Waals surface area contributed by atoms with Crippen LogP contribution in [-0.2, 0) is 18.4 Å². The van der Waals surface area contributed by atoms with Crippen LogP contribution < -0.4 is 11.1 Å². The lowest BCUT2D eigenvalue weighted by atomic mass is 9.84. The van der Waals surface area contributed by atoms with E-state index in [1.807, 2.05) is 12.1 Å². The van der Waals surface area contributed by atoms with Gasteiger partial charge in [0.1, 0.15) is 11.3 Å². The number of amides is 1. The summed E-state index contributed by atoms with van der Waals surface area (Å²) in [5.41, 5.74) is 10.1. The third kappa shape index (κ3) is 2.78. The van der Waals surface area contributed by atoms with Gasteiger partial charge in [0.15, 0.2) is 0 Å². The van der Waals surface area contributed by atoms with E-state index in [1.54, 1.807) is 6.07 Å². The van der Waals surface area contributed by atoms with E-state index in [9.17, 15) is 4.79 Å². The van der Waals surface area contributed by atoms with Gasteiger partial charge in [-0.15, -0.1) is 0 Å². The number of primary amides is 1. The quantitative estimate of drug-likeness (QED) is 0.680. The molecular weight excluding hydrogens is 324 g/mol. The van der Waals surface area contributed by atoms with E-state index < -0.39 is 5.91 Å². The number of benzene rings is 2. The third-order valence-electron chi connectivity index (χ3n) is 5.63. The van der Waals surface area contributed by atoms with Gasteiger partial charge in [0, 0.05) is 6.54 Å². The highest BCUT2D eigenvalue weighted by atomic mass is 16.1. The molecule has 5 heteroatoms. The van der Waals surface area contributed by atoms with Crippen LogP contribution in [0.3, 0.4) is 0 Å². The Balaban J connectivity index is 1.76. The number of aromatic nitrogens is 2. The number of nitrogens with two attached hydrogens (primary N) is 1. The van der Waals surface area contributed by atoms with Gasteiger partial charge in [-0.05, 0) is 48.9 Å². The van der Waals surface area contributed by atoms with E-state index in [2.05, 4.69) is 41.5 Å². The predicted molar refractivity (Wildman–Crippen MR) is 103 cm³/mol. The molecule has 4 rings (SSSR count). The molecule has 134 valence electrons. The number of para-hydroxylation sites is 1. The fourth-order valence-corrected chi connectivity index (χ4v) is 4.05. The van der Waals surface area contributed by atoms with Gasteiger partial charge < -0.3 is 16.0 Å². The zero-order valence-electron chi connectivity index (χ0n) is 15.0. The van der Waals surface area contributed by atoms with Crippen LogP contribution in [0.15, 0.2) is 42.5 Å². The molecule has 2 heterocycles. The van der Waals surface area contributed by atoms with E-state index in [4.69, 9.17) is 10.7 Å². The highest BCUT2D eigenvalue weighted by Gasteiger charge is 2.34. The molecule has 2 aromatic carbocycles. The number of aromatic amines is 1. The molecule has 0 bridgehead atoms. The molecule has 1 amide bonds. The molecule has 0 fully saturated rings. The van der Waals surface area contributed by atoms with Crippen molar-refractivity contribution in [3.05, 3.63) is 65.0 Å². The molecule has 0 spiro atoms. The Labute approximate surface area is 153 Å². The molecule has 0 aliphatic carbocycles. The number of nitrogens with one attached hydrogen (secondary N) is 2. The number of imidazole rings is 1. The van der Waals surface area contributed by atoms with Crippen molar-refractivity contribution in [2.24, 2.45) is 5.73 Å². The zero-order chi connectivity index (χ0) is 18.1. The first kappa shape index (κ1) is 16.8. The van der Waals surface area contributed by atoms with Crippen LogP contribution in [0.2, 0.25) is 0 Å². The van der Waals surface area contributed by atoms with Crippen molar-refractivity contribution in [3.63, 3.8) is 0 Å². The number of fused-ring (bicyclic) bond motifs is 2. The van der Waals surface area contributed by atoms with Crippen molar-refractivity contribution in [1.29, 1.82) is 0 Å². The Morgan fingerprint density at radius 1 is 1.15 bits per heavy atom.